The number of nitriles is 1. The van der Waals surface area contributed by atoms with E-state index in [2.05, 4.69) is 6.08 Å². The summed E-state index contributed by atoms with van der Waals surface area (Å²) in [6.07, 6.45) is 2.07. The third-order valence-corrected chi connectivity index (χ3v) is 4.05. The van der Waals surface area contributed by atoms with Gasteiger partial charge >= 0.3 is 0 Å². The monoisotopic (exact) mass is 302 g/mol. The van der Waals surface area contributed by atoms with E-state index in [4.69, 9.17) is 10.00 Å². The number of benzene rings is 1. The molecule has 1 aromatic rings. The van der Waals surface area contributed by atoms with Crippen molar-refractivity contribution in [3.8, 4) is 11.2 Å². The van der Waals surface area contributed by atoms with Gasteiger partial charge in [0.25, 0.3) is 0 Å². The van der Waals surface area contributed by atoms with Crippen molar-refractivity contribution in [3.63, 3.8) is 0 Å². The number of rotatable bonds is 3. The van der Waals surface area contributed by atoms with Crippen LogP contribution in [0, 0.1) is 10.7 Å². The maximum atomic E-state index is 12.5. The molecule has 4 nitrogen and oxygen atoms in total. The highest BCUT2D eigenvalue weighted by Crippen LogP contribution is 2.40. The summed E-state index contributed by atoms with van der Waals surface area (Å²) in [5.41, 5.74) is 2.55. The van der Waals surface area contributed by atoms with Gasteiger partial charge in [0.05, 0.1) is 24.1 Å². The molecule has 1 heterocycles. The van der Waals surface area contributed by atoms with Gasteiger partial charge < -0.3 is 9.64 Å². The molecule has 0 fully saturated rings. The van der Waals surface area contributed by atoms with Crippen molar-refractivity contribution in [1.82, 2.24) is 0 Å². The molecule has 0 unspecified atom stereocenters. The summed E-state index contributed by atoms with van der Waals surface area (Å²) in [7, 11) is 1.63. The van der Waals surface area contributed by atoms with Crippen LogP contribution in [-0.4, -0.2) is 24.3 Å². The normalized spacial score (nSPS) is 15.8. The zero-order chi connectivity index (χ0) is 15.6. The van der Waals surface area contributed by atoms with Crippen molar-refractivity contribution in [2.75, 3.05) is 17.8 Å². The van der Waals surface area contributed by atoms with Crippen LogP contribution in [0.25, 0.3) is 5.57 Å². The van der Waals surface area contributed by atoms with Gasteiger partial charge in [0.2, 0.25) is 5.91 Å². The van der Waals surface area contributed by atoms with Crippen LogP contribution in [0.4, 0.5) is 5.69 Å². The van der Waals surface area contributed by atoms with E-state index in [0.29, 0.717) is 0 Å². The summed E-state index contributed by atoms with van der Waals surface area (Å²) in [6.45, 7) is 6.03. The Balaban J connectivity index is 2.51. The zero-order valence-corrected chi connectivity index (χ0v) is 13.5. The van der Waals surface area contributed by atoms with E-state index in [9.17, 15) is 4.79 Å². The van der Waals surface area contributed by atoms with Gasteiger partial charge in [0, 0.05) is 5.56 Å². The van der Waals surface area contributed by atoms with Gasteiger partial charge in [-0.15, -0.1) is 0 Å². The number of allylic oxidation sites excluding steroid dienone is 1. The SMILES string of the molecule is COc1ccc2c(c1)C(C)=CC(C)(C)N2C(=O)CSC#N. The van der Waals surface area contributed by atoms with E-state index >= 15 is 0 Å². The first-order chi connectivity index (χ1) is 9.90. The average molecular weight is 302 g/mol. The molecule has 0 saturated carbocycles. The summed E-state index contributed by atoms with van der Waals surface area (Å²) >= 11 is 0.963. The van der Waals surface area contributed by atoms with E-state index in [1.54, 1.807) is 12.0 Å². The highest BCUT2D eigenvalue weighted by Gasteiger charge is 2.35. The van der Waals surface area contributed by atoms with Crippen molar-refractivity contribution in [1.29, 1.82) is 5.26 Å². The highest BCUT2D eigenvalue weighted by atomic mass is 32.2. The predicted octanol–water partition coefficient (Wildman–Crippen LogP) is 3.44. The predicted molar refractivity (Wildman–Crippen MR) is 86.3 cm³/mol. The van der Waals surface area contributed by atoms with Crippen LogP contribution in [0.15, 0.2) is 24.3 Å². The number of methoxy groups -OCH3 is 1. The molecule has 2 rings (SSSR count). The lowest BCUT2D eigenvalue weighted by Gasteiger charge is -2.41. The molecule has 1 aromatic carbocycles. The molecule has 1 aliphatic heterocycles. The largest absolute Gasteiger partial charge is 0.497 e. The molecule has 0 bridgehead atoms. The number of carbonyl (C=O) groups is 1. The molecule has 1 amide bonds. The Bertz CT molecular complexity index is 644. The Hall–Kier alpha value is -1.93. The fraction of sp³-hybridized carbons (Fsp3) is 0.375. The van der Waals surface area contributed by atoms with Crippen LogP contribution in [0.1, 0.15) is 26.3 Å². The van der Waals surface area contributed by atoms with E-state index in [1.165, 1.54) is 0 Å². The number of nitrogens with zero attached hydrogens (tertiary/aromatic N) is 2. The molecule has 0 aromatic heterocycles. The van der Waals surface area contributed by atoms with E-state index < -0.39 is 5.54 Å². The van der Waals surface area contributed by atoms with Crippen LogP contribution in [0.5, 0.6) is 5.75 Å². The summed E-state index contributed by atoms with van der Waals surface area (Å²) < 4.78 is 5.26. The third-order valence-electron chi connectivity index (χ3n) is 3.53. The molecule has 0 aliphatic carbocycles. The lowest BCUT2D eigenvalue weighted by molar-refractivity contribution is -0.116. The minimum Gasteiger partial charge on any atom is -0.497 e. The molecule has 0 N–H and O–H groups in total. The van der Waals surface area contributed by atoms with Crippen molar-refractivity contribution in [3.05, 3.63) is 29.8 Å². The third kappa shape index (κ3) is 2.91. The molecule has 0 radical (unpaired) electrons. The van der Waals surface area contributed by atoms with Crippen LogP contribution >= 0.6 is 11.8 Å². The average Bonchev–Trinajstić information content (AvgIpc) is 2.43. The van der Waals surface area contributed by atoms with E-state index in [1.807, 2.05) is 44.4 Å². The summed E-state index contributed by atoms with van der Waals surface area (Å²) in [5.74, 6) is 0.847. The standard InChI is InChI=1S/C16H18N2O2S/c1-11-8-16(2,3)18(15(19)9-21-10-17)14-6-5-12(20-4)7-13(11)14/h5-8H,9H2,1-4H3. The number of anilines is 1. The van der Waals surface area contributed by atoms with Crippen LogP contribution in [-0.2, 0) is 4.79 Å². The molecule has 5 heteroatoms. The minimum atomic E-state index is -0.418. The number of amides is 1. The van der Waals surface area contributed by atoms with Gasteiger partial charge in [-0.05, 0) is 56.3 Å². The van der Waals surface area contributed by atoms with Gasteiger partial charge in [-0.25, -0.2) is 0 Å². The van der Waals surface area contributed by atoms with Crippen LogP contribution in [0.3, 0.4) is 0 Å². The Morgan fingerprint density at radius 2 is 2.19 bits per heavy atom. The van der Waals surface area contributed by atoms with Crippen molar-refractivity contribution in [2.24, 2.45) is 0 Å². The fourth-order valence-corrected chi connectivity index (χ4v) is 3.07. The quantitative estimate of drug-likeness (QED) is 0.803. The highest BCUT2D eigenvalue weighted by molar-refractivity contribution is 8.04. The van der Waals surface area contributed by atoms with Crippen LogP contribution < -0.4 is 9.64 Å². The summed E-state index contributed by atoms with van der Waals surface area (Å²) in [5, 5.41) is 10.6. The first-order valence-corrected chi connectivity index (χ1v) is 7.61. The number of hydrogen-bond donors (Lipinski definition) is 0. The molecule has 1 aliphatic rings. The van der Waals surface area contributed by atoms with E-state index in [-0.39, 0.29) is 11.7 Å². The second kappa shape index (κ2) is 5.82. The maximum Gasteiger partial charge on any atom is 0.238 e. The Labute approximate surface area is 129 Å². The molecule has 0 saturated heterocycles. The number of thioether (sulfide) groups is 1. The minimum absolute atomic E-state index is 0.0679. The molecule has 0 spiro atoms. The van der Waals surface area contributed by atoms with Crippen molar-refractivity contribution < 1.29 is 9.53 Å². The Kier molecular flexibility index (Phi) is 4.29. The molecule has 21 heavy (non-hydrogen) atoms. The first-order valence-electron chi connectivity index (χ1n) is 6.62. The smallest absolute Gasteiger partial charge is 0.238 e. The second-order valence-electron chi connectivity index (χ2n) is 5.47. The second-order valence-corrected chi connectivity index (χ2v) is 6.23. The number of ether oxygens (including phenoxy) is 1. The molecular weight excluding hydrogens is 284 g/mol. The Morgan fingerprint density at radius 1 is 1.48 bits per heavy atom. The summed E-state index contributed by atoms with van der Waals surface area (Å²) in [4.78, 5) is 14.3. The molecular formula is C16H18N2O2S. The van der Waals surface area contributed by atoms with Gasteiger partial charge in [-0.3, -0.25) is 4.79 Å². The number of fused-ring (bicyclic) bond motifs is 1. The zero-order valence-electron chi connectivity index (χ0n) is 12.6. The van der Waals surface area contributed by atoms with Crippen molar-refractivity contribution >= 4 is 28.9 Å². The maximum absolute atomic E-state index is 12.5. The van der Waals surface area contributed by atoms with Gasteiger partial charge in [0.15, 0.2) is 0 Å². The Morgan fingerprint density at radius 3 is 2.81 bits per heavy atom. The molecule has 110 valence electrons. The van der Waals surface area contributed by atoms with Gasteiger partial charge in [-0.2, -0.15) is 5.26 Å². The topological polar surface area (TPSA) is 53.3 Å². The summed E-state index contributed by atoms with van der Waals surface area (Å²) in [6, 6.07) is 5.70. The van der Waals surface area contributed by atoms with Gasteiger partial charge in [0.1, 0.15) is 11.2 Å². The molecule has 0 atom stereocenters. The van der Waals surface area contributed by atoms with Gasteiger partial charge in [-0.1, -0.05) is 6.08 Å². The number of hydrogen-bond acceptors (Lipinski definition) is 4. The van der Waals surface area contributed by atoms with Crippen molar-refractivity contribution in [2.45, 2.75) is 26.3 Å². The number of thiocyanates is 1. The van der Waals surface area contributed by atoms with E-state index in [0.717, 1.165) is 34.3 Å². The fourth-order valence-electron chi connectivity index (χ4n) is 2.75. The van der Waals surface area contributed by atoms with Crippen LogP contribution in [0.2, 0.25) is 0 Å². The number of carbonyl (C=O) groups excluding carboxylic acids is 1. The lowest BCUT2D eigenvalue weighted by atomic mass is 9.88. The first kappa shape index (κ1) is 15.5. The lowest BCUT2D eigenvalue weighted by Crippen LogP contribution is -2.49.